The number of carbonyl (C=O) groups excluding carboxylic acids is 1. The third-order valence-electron chi connectivity index (χ3n) is 3.98. The lowest BCUT2D eigenvalue weighted by atomic mass is 10.1. The number of hydrogen-bond donors (Lipinski definition) is 2. The lowest BCUT2D eigenvalue weighted by Crippen LogP contribution is -2.27. The van der Waals surface area contributed by atoms with E-state index < -0.39 is 0 Å². The maximum atomic E-state index is 12.3. The monoisotopic (exact) mass is 331 g/mol. The highest BCUT2D eigenvalue weighted by Gasteiger charge is 2.12. The molecule has 2 N–H and O–H groups in total. The van der Waals surface area contributed by atoms with Gasteiger partial charge >= 0.3 is 0 Å². The van der Waals surface area contributed by atoms with Gasteiger partial charge < -0.3 is 10.6 Å². The van der Waals surface area contributed by atoms with Gasteiger partial charge in [0, 0.05) is 6.54 Å². The van der Waals surface area contributed by atoms with Crippen LogP contribution in [0.1, 0.15) is 34.6 Å². The maximum Gasteiger partial charge on any atom is 0.270 e. The second-order valence-electron chi connectivity index (χ2n) is 5.88. The molecule has 25 heavy (non-hydrogen) atoms. The first-order chi connectivity index (χ1) is 12.2. The molecule has 3 rings (SSSR count). The topological polar surface area (TPSA) is 54.0 Å². The van der Waals surface area contributed by atoms with Crippen LogP contribution in [0.25, 0.3) is 0 Å². The first kappa shape index (κ1) is 16.7. The molecule has 0 radical (unpaired) electrons. The van der Waals surface area contributed by atoms with E-state index in [1.807, 2.05) is 61.5 Å². The molecule has 0 aliphatic heterocycles. The van der Waals surface area contributed by atoms with E-state index in [1.165, 1.54) is 5.56 Å². The average molecular weight is 331 g/mol. The third-order valence-corrected chi connectivity index (χ3v) is 3.98. The van der Waals surface area contributed by atoms with Gasteiger partial charge in [-0.25, -0.2) is 4.98 Å². The minimum Gasteiger partial charge on any atom is -0.380 e. The van der Waals surface area contributed by atoms with Crippen LogP contribution in [-0.4, -0.2) is 10.9 Å². The zero-order chi connectivity index (χ0) is 17.5. The Bertz CT molecular complexity index is 802. The third kappa shape index (κ3) is 4.67. The molecular weight excluding hydrogens is 310 g/mol. The summed E-state index contributed by atoms with van der Waals surface area (Å²) in [6.07, 6.45) is 1.69. The number of anilines is 1. The lowest BCUT2D eigenvalue weighted by molar-refractivity contribution is 0.0935. The minimum atomic E-state index is -0.175. The van der Waals surface area contributed by atoms with Gasteiger partial charge in [0.15, 0.2) is 0 Å². The normalized spacial score (nSPS) is 11.6. The minimum absolute atomic E-state index is 0.0635. The zero-order valence-electron chi connectivity index (χ0n) is 14.1. The first-order valence-electron chi connectivity index (χ1n) is 8.32. The average Bonchev–Trinajstić information content (AvgIpc) is 2.68. The van der Waals surface area contributed by atoms with Crippen LogP contribution in [0.3, 0.4) is 0 Å². The quantitative estimate of drug-likeness (QED) is 0.712. The predicted molar refractivity (Wildman–Crippen MR) is 100 cm³/mol. The number of amides is 1. The van der Waals surface area contributed by atoms with E-state index in [4.69, 9.17) is 0 Å². The molecule has 0 aliphatic rings. The van der Waals surface area contributed by atoms with Crippen LogP contribution < -0.4 is 10.6 Å². The summed E-state index contributed by atoms with van der Waals surface area (Å²) in [6.45, 7) is 2.68. The lowest BCUT2D eigenvalue weighted by Gasteiger charge is -2.14. The summed E-state index contributed by atoms with van der Waals surface area (Å²) in [5.74, 6) is -0.175. The van der Waals surface area contributed by atoms with E-state index in [1.54, 1.807) is 12.3 Å². The summed E-state index contributed by atoms with van der Waals surface area (Å²) in [5.41, 5.74) is 3.56. The molecule has 1 aromatic heterocycles. The van der Waals surface area contributed by atoms with Gasteiger partial charge in [-0.3, -0.25) is 4.79 Å². The summed E-state index contributed by atoms with van der Waals surface area (Å²) in [5, 5.41) is 6.27. The maximum absolute atomic E-state index is 12.3. The summed E-state index contributed by atoms with van der Waals surface area (Å²) >= 11 is 0. The highest BCUT2D eigenvalue weighted by Crippen LogP contribution is 2.13. The zero-order valence-corrected chi connectivity index (χ0v) is 14.1. The Morgan fingerprint density at radius 3 is 2.28 bits per heavy atom. The van der Waals surface area contributed by atoms with Crippen LogP contribution >= 0.6 is 0 Å². The van der Waals surface area contributed by atoms with Gasteiger partial charge in [0.05, 0.1) is 17.9 Å². The molecule has 1 atom stereocenters. The molecule has 1 heterocycles. The molecular formula is C21H21N3O. The highest BCUT2D eigenvalue weighted by atomic mass is 16.1. The number of benzene rings is 2. The van der Waals surface area contributed by atoms with Crippen LogP contribution in [0.5, 0.6) is 0 Å². The van der Waals surface area contributed by atoms with Gasteiger partial charge in [0.25, 0.3) is 5.91 Å². The van der Waals surface area contributed by atoms with Crippen molar-refractivity contribution in [2.75, 3.05) is 5.32 Å². The number of hydrogen-bond acceptors (Lipinski definition) is 3. The molecule has 126 valence electrons. The van der Waals surface area contributed by atoms with Gasteiger partial charge in [-0.2, -0.15) is 0 Å². The highest BCUT2D eigenvalue weighted by molar-refractivity contribution is 5.92. The molecule has 0 aliphatic carbocycles. The van der Waals surface area contributed by atoms with Crippen molar-refractivity contribution < 1.29 is 4.79 Å². The van der Waals surface area contributed by atoms with Gasteiger partial charge in [-0.05, 0) is 30.2 Å². The van der Waals surface area contributed by atoms with E-state index in [0.717, 1.165) is 17.8 Å². The Morgan fingerprint density at radius 2 is 1.64 bits per heavy atom. The van der Waals surface area contributed by atoms with Crippen LogP contribution in [0, 0.1) is 0 Å². The molecule has 0 saturated heterocycles. The Hall–Kier alpha value is -3.14. The van der Waals surface area contributed by atoms with Crippen molar-refractivity contribution in [3.05, 3.63) is 95.8 Å². The first-order valence-corrected chi connectivity index (χ1v) is 8.32. The second kappa shape index (κ2) is 8.11. The Kier molecular flexibility index (Phi) is 5.42. The van der Waals surface area contributed by atoms with Crippen molar-refractivity contribution >= 4 is 11.6 Å². The van der Waals surface area contributed by atoms with E-state index in [2.05, 4.69) is 27.8 Å². The van der Waals surface area contributed by atoms with Gasteiger partial charge in [0.2, 0.25) is 0 Å². The molecule has 0 saturated carbocycles. The van der Waals surface area contributed by atoms with Crippen molar-refractivity contribution in [2.45, 2.75) is 19.5 Å². The summed E-state index contributed by atoms with van der Waals surface area (Å²) in [7, 11) is 0. The Morgan fingerprint density at radius 1 is 0.960 bits per heavy atom. The van der Waals surface area contributed by atoms with Crippen LogP contribution in [-0.2, 0) is 6.54 Å². The number of nitrogens with zero attached hydrogens (tertiary/aromatic N) is 1. The number of carbonyl (C=O) groups is 1. The molecule has 3 aromatic rings. The van der Waals surface area contributed by atoms with E-state index in [9.17, 15) is 4.79 Å². The largest absolute Gasteiger partial charge is 0.380 e. The fourth-order valence-corrected chi connectivity index (χ4v) is 2.53. The summed E-state index contributed by atoms with van der Waals surface area (Å²) in [6, 6.07) is 23.6. The van der Waals surface area contributed by atoms with Crippen LogP contribution in [0.4, 0.5) is 5.69 Å². The number of aromatic nitrogens is 1. The van der Waals surface area contributed by atoms with Crippen molar-refractivity contribution in [1.82, 2.24) is 10.3 Å². The van der Waals surface area contributed by atoms with E-state index in [-0.39, 0.29) is 11.9 Å². The van der Waals surface area contributed by atoms with Crippen molar-refractivity contribution in [3.8, 4) is 0 Å². The molecule has 0 spiro atoms. The van der Waals surface area contributed by atoms with E-state index in [0.29, 0.717) is 5.69 Å². The number of nitrogens with one attached hydrogen (secondary N) is 2. The van der Waals surface area contributed by atoms with Gasteiger partial charge in [0.1, 0.15) is 5.69 Å². The molecule has 4 nitrogen and oxygen atoms in total. The molecule has 1 unspecified atom stereocenters. The van der Waals surface area contributed by atoms with Gasteiger partial charge in [-0.15, -0.1) is 0 Å². The fourth-order valence-electron chi connectivity index (χ4n) is 2.53. The van der Waals surface area contributed by atoms with Crippen molar-refractivity contribution in [3.63, 3.8) is 0 Å². The predicted octanol–water partition coefficient (Wildman–Crippen LogP) is 4.18. The molecule has 1 amide bonds. The van der Waals surface area contributed by atoms with Crippen molar-refractivity contribution in [2.24, 2.45) is 0 Å². The number of rotatable bonds is 6. The second-order valence-corrected chi connectivity index (χ2v) is 5.88. The molecule has 4 heteroatoms. The van der Waals surface area contributed by atoms with E-state index >= 15 is 0 Å². The summed E-state index contributed by atoms with van der Waals surface area (Å²) < 4.78 is 0. The number of pyridine rings is 1. The smallest absolute Gasteiger partial charge is 0.270 e. The molecule has 0 fully saturated rings. The summed E-state index contributed by atoms with van der Waals surface area (Å²) in [4.78, 5) is 16.6. The Labute approximate surface area is 147 Å². The van der Waals surface area contributed by atoms with Crippen LogP contribution in [0.15, 0.2) is 79.0 Å². The standard InChI is InChI=1S/C21H21N3O/c1-16(18-10-6-3-7-11-18)24-21(25)20-13-12-19(15-23-20)22-14-17-8-4-2-5-9-17/h2-13,15-16,22H,14H2,1H3,(H,24,25). The van der Waals surface area contributed by atoms with Gasteiger partial charge in [-0.1, -0.05) is 60.7 Å². The Balaban J connectivity index is 1.57. The molecule has 2 aromatic carbocycles. The van der Waals surface area contributed by atoms with Crippen molar-refractivity contribution in [1.29, 1.82) is 0 Å². The fraction of sp³-hybridized carbons (Fsp3) is 0.143. The SMILES string of the molecule is CC(NC(=O)c1ccc(NCc2ccccc2)cn1)c1ccccc1. The molecule has 0 bridgehead atoms. The van der Waals surface area contributed by atoms with Crippen LogP contribution in [0.2, 0.25) is 0 Å².